The van der Waals surface area contributed by atoms with Crippen molar-refractivity contribution in [2.45, 2.75) is 0 Å². The van der Waals surface area contributed by atoms with Crippen LogP contribution in [0.5, 0.6) is 11.5 Å². The molecule has 8 nitrogen and oxygen atoms in total. The first kappa shape index (κ1) is 24.4. The number of rotatable bonds is 9. The summed E-state index contributed by atoms with van der Waals surface area (Å²) in [5.74, 6) is 0.938. The van der Waals surface area contributed by atoms with Crippen LogP contribution in [0.1, 0.15) is 0 Å². The highest BCUT2D eigenvalue weighted by Gasteiger charge is 2.20. The fraction of sp³-hybridized carbons (Fsp3) is 0.417. The number of likely N-dealkylation sites (N-methyl/N-ethyl adjacent to an activating group) is 1. The molecule has 182 valence electrons. The van der Waals surface area contributed by atoms with Gasteiger partial charge in [0.25, 0.3) is 0 Å². The lowest BCUT2D eigenvalue weighted by atomic mass is 10.1. The number of methoxy groups -OCH3 is 1. The van der Waals surface area contributed by atoms with Gasteiger partial charge in [-0.1, -0.05) is 11.6 Å². The lowest BCUT2D eigenvalue weighted by molar-refractivity contribution is 0.0888. The monoisotopic (exact) mass is 489 g/mol. The van der Waals surface area contributed by atoms with Crippen molar-refractivity contribution in [1.82, 2.24) is 19.8 Å². The quantitative estimate of drug-likeness (QED) is 0.473. The third-order valence-corrected chi connectivity index (χ3v) is 6.19. The Balaban J connectivity index is 1.51. The SMILES string of the molecule is COc1cc2c(Nc3ccc(Cl)cc3F)ncnc2cc1OCC(CO)CN1CCN(C)CC1. The van der Waals surface area contributed by atoms with E-state index in [9.17, 15) is 9.50 Å². The Kier molecular flexibility index (Phi) is 7.99. The summed E-state index contributed by atoms with van der Waals surface area (Å²) < 4.78 is 25.9. The number of hydrogen-bond donors (Lipinski definition) is 2. The number of aliphatic hydroxyl groups excluding tert-OH is 1. The number of ether oxygens (including phenoxy) is 2. The maximum absolute atomic E-state index is 14.3. The maximum Gasteiger partial charge on any atom is 0.163 e. The minimum absolute atomic E-state index is 0.0284. The molecule has 0 radical (unpaired) electrons. The number of aliphatic hydroxyl groups is 1. The molecule has 34 heavy (non-hydrogen) atoms. The first-order valence-electron chi connectivity index (χ1n) is 11.2. The van der Waals surface area contributed by atoms with Crippen LogP contribution >= 0.6 is 11.6 Å². The highest BCUT2D eigenvalue weighted by atomic mass is 35.5. The van der Waals surface area contributed by atoms with Crippen LogP contribution in [0.3, 0.4) is 0 Å². The Morgan fingerprint density at radius 3 is 2.65 bits per heavy atom. The molecule has 0 spiro atoms. The van der Waals surface area contributed by atoms with Crippen molar-refractivity contribution in [3.8, 4) is 11.5 Å². The fourth-order valence-corrected chi connectivity index (χ4v) is 4.08. The molecule has 2 heterocycles. The Labute approximate surface area is 203 Å². The number of piperazine rings is 1. The number of anilines is 2. The van der Waals surface area contributed by atoms with Crippen molar-refractivity contribution in [3.63, 3.8) is 0 Å². The summed E-state index contributed by atoms with van der Waals surface area (Å²) in [4.78, 5) is 13.3. The molecular formula is C24H29ClFN5O3. The zero-order valence-corrected chi connectivity index (χ0v) is 20.1. The van der Waals surface area contributed by atoms with Crippen LogP contribution in [0.4, 0.5) is 15.9 Å². The molecule has 3 aromatic rings. The molecule has 2 aromatic carbocycles. The molecule has 0 saturated carbocycles. The molecular weight excluding hydrogens is 461 g/mol. The molecule has 10 heteroatoms. The second-order valence-electron chi connectivity index (χ2n) is 8.46. The average molecular weight is 490 g/mol. The lowest BCUT2D eigenvalue weighted by Gasteiger charge is -2.34. The standard InChI is InChI=1S/C24H29ClFN5O3/c1-30-5-7-31(8-6-30)12-16(13-32)14-34-23-11-21-18(10-22(23)33-2)24(28-15-27-21)29-20-4-3-17(25)9-19(20)26/h3-4,9-11,15-16,32H,5-8,12-14H2,1-2H3,(H,27,28,29). The fourth-order valence-electron chi connectivity index (χ4n) is 3.92. The summed E-state index contributed by atoms with van der Waals surface area (Å²) in [7, 11) is 3.67. The first-order chi connectivity index (χ1) is 16.5. The van der Waals surface area contributed by atoms with Crippen LogP contribution in [0.2, 0.25) is 5.02 Å². The molecule has 1 unspecified atom stereocenters. The molecule has 1 aromatic heterocycles. The van der Waals surface area contributed by atoms with Crippen LogP contribution in [0.25, 0.3) is 10.9 Å². The number of fused-ring (bicyclic) bond motifs is 1. The van der Waals surface area contributed by atoms with Crippen LogP contribution in [-0.2, 0) is 0 Å². The number of nitrogens with zero attached hydrogens (tertiary/aromatic N) is 4. The van der Waals surface area contributed by atoms with Gasteiger partial charge in [0.1, 0.15) is 18.0 Å². The Morgan fingerprint density at radius 2 is 1.94 bits per heavy atom. The minimum atomic E-state index is -0.485. The van der Waals surface area contributed by atoms with Crippen LogP contribution in [0.15, 0.2) is 36.7 Å². The largest absolute Gasteiger partial charge is 0.493 e. The van der Waals surface area contributed by atoms with E-state index < -0.39 is 5.82 Å². The highest BCUT2D eigenvalue weighted by molar-refractivity contribution is 6.30. The van der Waals surface area contributed by atoms with Crippen molar-refractivity contribution >= 4 is 34.0 Å². The molecule has 2 N–H and O–H groups in total. The number of nitrogens with one attached hydrogen (secondary N) is 1. The third kappa shape index (κ3) is 5.85. The van der Waals surface area contributed by atoms with Gasteiger partial charge in [0.15, 0.2) is 11.5 Å². The van der Waals surface area contributed by atoms with Gasteiger partial charge in [0.05, 0.1) is 31.5 Å². The number of hydrogen-bond acceptors (Lipinski definition) is 8. The predicted octanol–water partition coefficient (Wildman–Crippen LogP) is 3.41. The molecule has 4 rings (SSSR count). The van der Waals surface area contributed by atoms with Gasteiger partial charge in [0, 0.05) is 55.1 Å². The average Bonchev–Trinajstić information content (AvgIpc) is 2.84. The Bertz CT molecular complexity index is 1130. The van der Waals surface area contributed by atoms with Gasteiger partial charge >= 0.3 is 0 Å². The summed E-state index contributed by atoms with van der Waals surface area (Å²) in [6, 6.07) is 7.91. The van der Waals surface area contributed by atoms with E-state index in [-0.39, 0.29) is 18.2 Å². The number of benzene rings is 2. The van der Waals surface area contributed by atoms with Gasteiger partial charge in [-0.2, -0.15) is 0 Å². The van der Waals surface area contributed by atoms with Crippen molar-refractivity contribution in [2.24, 2.45) is 5.92 Å². The van der Waals surface area contributed by atoms with Crippen LogP contribution in [-0.4, -0.2) is 85.0 Å². The Hall–Kier alpha value is -2.72. The van der Waals surface area contributed by atoms with Gasteiger partial charge in [-0.3, -0.25) is 0 Å². The summed E-state index contributed by atoms with van der Waals surface area (Å²) in [5, 5.41) is 13.8. The molecule has 0 amide bonds. The topological polar surface area (TPSA) is 83.0 Å². The third-order valence-electron chi connectivity index (χ3n) is 5.95. The van der Waals surface area contributed by atoms with Gasteiger partial charge in [-0.25, -0.2) is 14.4 Å². The van der Waals surface area contributed by atoms with E-state index in [0.717, 1.165) is 32.7 Å². The molecule has 1 aliphatic heterocycles. The van der Waals surface area contributed by atoms with Crippen LogP contribution in [0, 0.1) is 11.7 Å². The predicted molar refractivity (Wildman–Crippen MR) is 131 cm³/mol. The van der Waals surface area contributed by atoms with Gasteiger partial charge in [0.2, 0.25) is 0 Å². The summed E-state index contributed by atoms with van der Waals surface area (Å²) in [6.07, 6.45) is 1.40. The summed E-state index contributed by atoms with van der Waals surface area (Å²) >= 11 is 5.85. The zero-order valence-electron chi connectivity index (χ0n) is 19.3. The second kappa shape index (κ2) is 11.1. The zero-order chi connectivity index (χ0) is 24.1. The van der Waals surface area contributed by atoms with E-state index in [1.807, 2.05) is 0 Å². The van der Waals surface area contributed by atoms with Gasteiger partial charge in [-0.05, 0) is 31.3 Å². The van der Waals surface area contributed by atoms with Gasteiger partial charge < -0.3 is 29.7 Å². The van der Waals surface area contributed by atoms with E-state index in [2.05, 4.69) is 32.1 Å². The van der Waals surface area contributed by atoms with Crippen molar-refractivity contribution in [1.29, 1.82) is 0 Å². The molecule has 1 atom stereocenters. The lowest BCUT2D eigenvalue weighted by Crippen LogP contribution is -2.47. The van der Waals surface area contributed by atoms with Crippen molar-refractivity contribution in [3.05, 3.63) is 47.5 Å². The molecule has 1 saturated heterocycles. The number of halogens is 2. The van der Waals surface area contributed by atoms with E-state index in [4.69, 9.17) is 21.1 Å². The summed E-state index contributed by atoms with van der Waals surface area (Å²) in [6.45, 7) is 5.15. The van der Waals surface area contributed by atoms with E-state index in [0.29, 0.717) is 39.8 Å². The van der Waals surface area contributed by atoms with Crippen LogP contribution < -0.4 is 14.8 Å². The van der Waals surface area contributed by atoms with E-state index in [1.54, 1.807) is 31.4 Å². The van der Waals surface area contributed by atoms with Crippen molar-refractivity contribution in [2.75, 3.05) is 65.4 Å². The van der Waals surface area contributed by atoms with E-state index >= 15 is 0 Å². The normalized spacial score (nSPS) is 15.9. The number of aromatic nitrogens is 2. The smallest absolute Gasteiger partial charge is 0.163 e. The Morgan fingerprint density at radius 1 is 1.15 bits per heavy atom. The molecule has 0 aliphatic carbocycles. The first-order valence-corrected chi connectivity index (χ1v) is 11.5. The molecule has 1 aliphatic rings. The summed E-state index contributed by atoms with van der Waals surface area (Å²) in [5.41, 5.74) is 0.862. The highest BCUT2D eigenvalue weighted by Crippen LogP contribution is 2.35. The second-order valence-corrected chi connectivity index (χ2v) is 8.89. The minimum Gasteiger partial charge on any atom is -0.493 e. The van der Waals surface area contributed by atoms with Crippen molar-refractivity contribution < 1.29 is 19.0 Å². The maximum atomic E-state index is 14.3. The molecule has 1 fully saturated rings. The molecule has 0 bridgehead atoms. The van der Waals surface area contributed by atoms with E-state index in [1.165, 1.54) is 12.4 Å². The van der Waals surface area contributed by atoms with Gasteiger partial charge in [-0.15, -0.1) is 0 Å².